The Kier molecular flexibility index (Phi) is 3.35. The van der Waals surface area contributed by atoms with E-state index >= 15 is 0 Å². The molecule has 0 radical (unpaired) electrons. The molecular weight excluding hydrogens is 204 g/mol. The van der Waals surface area contributed by atoms with E-state index in [0.29, 0.717) is 11.5 Å². The summed E-state index contributed by atoms with van der Waals surface area (Å²) >= 11 is 0. The first-order valence-electron chi connectivity index (χ1n) is 4.92. The largest absolute Gasteiger partial charge is 0.458 e. The molecular formula is C12H12N2O2. The van der Waals surface area contributed by atoms with Gasteiger partial charge in [-0.2, -0.15) is 5.10 Å². The molecule has 4 heteroatoms. The third-order valence-electron chi connectivity index (χ3n) is 2.00. The third-order valence-corrected chi connectivity index (χ3v) is 2.00. The molecule has 0 aliphatic carbocycles. The van der Waals surface area contributed by atoms with Crippen LogP contribution in [0.25, 0.3) is 0 Å². The zero-order valence-electron chi connectivity index (χ0n) is 8.63. The van der Waals surface area contributed by atoms with E-state index in [9.17, 15) is 0 Å². The van der Waals surface area contributed by atoms with Crippen LogP contribution in [0, 0.1) is 0 Å². The Balaban J connectivity index is 1.95. The van der Waals surface area contributed by atoms with Crippen LogP contribution in [0.1, 0.15) is 11.5 Å². The number of hydrogen-bond acceptors (Lipinski definition) is 4. The van der Waals surface area contributed by atoms with E-state index in [-0.39, 0.29) is 6.61 Å². The molecule has 82 valence electrons. The fourth-order valence-electron chi connectivity index (χ4n) is 1.23. The van der Waals surface area contributed by atoms with Crippen LogP contribution in [0.2, 0.25) is 0 Å². The predicted octanol–water partition coefficient (Wildman–Crippen LogP) is 2.22. The van der Waals surface area contributed by atoms with E-state index in [4.69, 9.17) is 9.52 Å². The predicted molar refractivity (Wildman–Crippen MR) is 62.3 cm³/mol. The van der Waals surface area contributed by atoms with Gasteiger partial charge in [0, 0.05) is 0 Å². The summed E-state index contributed by atoms with van der Waals surface area (Å²) in [4.78, 5) is 0. The maximum absolute atomic E-state index is 8.80. The topological polar surface area (TPSA) is 57.8 Å². The number of nitrogens with one attached hydrogen (secondary N) is 1. The summed E-state index contributed by atoms with van der Waals surface area (Å²) in [6.45, 7) is -0.0973. The fraction of sp³-hybridized carbons (Fsp3) is 0.0833. The molecule has 0 aliphatic rings. The van der Waals surface area contributed by atoms with Crippen LogP contribution in [0.3, 0.4) is 0 Å². The summed E-state index contributed by atoms with van der Waals surface area (Å²) in [5.41, 5.74) is 3.78. The number of anilines is 1. The van der Waals surface area contributed by atoms with Gasteiger partial charge in [-0.1, -0.05) is 18.2 Å². The molecule has 0 amide bonds. The number of furan rings is 1. The molecule has 1 aromatic heterocycles. The number of hydrogen-bond donors (Lipinski definition) is 2. The second-order valence-corrected chi connectivity index (χ2v) is 3.20. The van der Waals surface area contributed by atoms with Crippen LogP contribution in [0.15, 0.2) is 52.0 Å². The first-order chi connectivity index (χ1) is 7.88. The molecule has 1 aromatic carbocycles. The summed E-state index contributed by atoms with van der Waals surface area (Å²) in [6.07, 6.45) is 1.56. The number of para-hydroxylation sites is 1. The fourth-order valence-corrected chi connectivity index (χ4v) is 1.23. The Labute approximate surface area is 93.2 Å². The lowest BCUT2D eigenvalue weighted by Gasteiger charge is -1.96. The Morgan fingerprint density at radius 3 is 2.69 bits per heavy atom. The molecule has 0 spiro atoms. The van der Waals surface area contributed by atoms with Gasteiger partial charge in [0.2, 0.25) is 0 Å². The molecule has 0 saturated heterocycles. The minimum Gasteiger partial charge on any atom is -0.458 e. The lowest BCUT2D eigenvalue weighted by molar-refractivity contribution is 0.247. The summed E-state index contributed by atoms with van der Waals surface area (Å²) < 4.78 is 5.23. The van der Waals surface area contributed by atoms with Crippen molar-refractivity contribution in [2.24, 2.45) is 5.10 Å². The third kappa shape index (κ3) is 2.71. The van der Waals surface area contributed by atoms with Gasteiger partial charge in [0.25, 0.3) is 0 Å². The van der Waals surface area contributed by atoms with Gasteiger partial charge in [-0.3, -0.25) is 5.43 Å². The standard InChI is InChI=1S/C12H12N2O2/c15-9-12-7-6-11(16-12)8-13-14-10-4-2-1-3-5-10/h1-8,14-15H,9H2/b13-8+. The average molecular weight is 216 g/mol. The molecule has 0 saturated carbocycles. The molecule has 0 fully saturated rings. The van der Waals surface area contributed by atoms with Crippen molar-refractivity contribution in [2.45, 2.75) is 6.61 Å². The van der Waals surface area contributed by atoms with Crippen LogP contribution in [-0.4, -0.2) is 11.3 Å². The van der Waals surface area contributed by atoms with Gasteiger partial charge in [0.15, 0.2) is 0 Å². The molecule has 0 unspecified atom stereocenters. The molecule has 0 atom stereocenters. The normalized spacial score (nSPS) is 10.8. The van der Waals surface area contributed by atoms with Gasteiger partial charge >= 0.3 is 0 Å². The van der Waals surface area contributed by atoms with Crippen LogP contribution < -0.4 is 5.43 Å². The highest BCUT2D eigenvalue weighted by atomic mass is 16.4. The van der Waals surface area contributed by atoms with E-state index in [0.717, 1.165) is 5.69 Å². The van der Waals surface area contributed by atoms with Crippen molar-refractivity contribution in [1.29, 1.82) is 0 Å². The van der Waals surface area contributed by atoms with Gasteiger partial charge in [-0.25, -0.2) is 0 Å². The SMILES string of the molecule is OCc1ccc(/C=N/Nc2ccccc2)o1. The van der Waals surface area contributed by atoms with Gasteiger partial charge in [0.05, 0.1) is 11.9 Å². The highest BCUT2D eigenvalue weighted by Gasteiger charge is 1.96. The maximum Gasteiger partial charge on any atom is 0.147 e. The molecule has 4 nitrogen and oxygen atoms in total. The lowest BCUT2D eigenvalue weighted by Crippen LogP contribution is -1.88. The quantitative estimate of drug-likeness (QED) is 0.608. The summed E-state index contributed by atoms with van der Waals surface area (Å²) in [5, 5.41) is 12.8. The van der Waals surface area contributed by atoms with Gasteiger partial charge in [0.1, 0.15) is 18.1 Å². The van der Waals surface area contributed by atoms with E-state index in [1.165, 1.54) is 0 Å². The van der Waals surface area contributed by atoms with Crippen molar-refractivity contribution >= 4 is 11.9 Å². The Hall–Kier alpha value is -2.07. The van der Waals surface area contributed by atoms with Crippen molar-refractivity contribution in [3.05, 3.63) is 54.0 Å². The summed E-state index contributed by atoms with van der Waals surface area (Å²) in [5.74, 6) is 1.13. The number of nitrogens with zero attached hydrogens (tertiary/aromatic N) is 1. The number of aliphatic hydroxyl groups excluding tert-OH is 1. The molecule has 16 heavy (non-hydrogen) atoms. The molecule has 2 rings (SSSR count). The van der Waals surface area contributed by atoms with E-state index in [2.05, 4.69) is 10.5 Å². The first-order valence-corrected chi connectivity index (χ1v) is 4.92. The highest BCUT2D eigenvalue weighted by molar-refractivity contribution is 5.76. The molecule has 2 aromatic rings. The Bertz CT molecular complexity index is 463. The van der Waals surface area contributed by atoms with Crippen LogP contribution in [0.5, 0.6) is 0 Å². The Morgan fingerprint density at radius 1 is 1.19 bits per heavy atom. The van der Waals surface area contributed by atoms with Crippen molar-refractivity contribution < 1.29 is 9.52 Å². The first kappa shape index (κ1) is 10.4. The number of benzene rings is 1. The molecule has 2 N–H and O–H groups in total. The van der Waals surface area contributed by atoms with Crippen LogP contribution >= 0.6 is 0 Å². The zero-order chi connectivity index (χ0) is 11.2. The van der Waals surface area contributed by atoms with Gasteiger partial charge < -0.3 is 9.52 Å². The summed E-state index contributed by atoms with van der Waals surface area (Å²) in [6, 6.07) is 13.1. The lowest BCUT2D eigenvalue weighted by atomic mass is 10.3. The van der Waals surface area contributed by atoms with Crippen LogP contribution in [-0.2, 0) is 6.61 Å². The van der Waals surface area contributed by atoms with Gasteiger partial charge in [-0.05, 0) is 24.3 Å². The molecule has 0 aliphatic heterocycles. The second-order valence-electron chi connectivity index (χ2n) is 3.20. The van der Waals surface area contributed by atoms with Crippen molar-refractivity contribution in [1.82, 2.24) is 0 Å². The number of rotatable bonds is 4. The minimum absolute atomic E-state index is 0.0973. The zero-order valence-corrected chi connectivity index (χ0v) is 8.63. The Morgan fingerprint density at radius 2 is 2.00 bits per heavy atom. The van der Waals surface area contributed by atoms with Crippen molar-refractivity contribution in [2.75, 3.05) is 5.43 Å². The monoisotopic (exact) mass is 216 g/mol. The second kappa shape index (κ2) is 5.14. The molecule has 1 heterocycles. The van der Waals surface area contributed by atoms with Crippen molar-refractivity contribution in [3.8, 4) is 0 Å². The van der Waals surface area contributed by atoms with Crippen molar-refractivity contribution in [3.63, 3.8) is 0 Å². The highest BCUT2D eigenvalue weighted by Crippen LogP contribution is 2.07. The minimum atomic E-state index is -0.0973. The number of hydrazone groups is 1. The van der Waals surface area contributed by atoms with E-state index in [1.807, 2.05) is 30.3 Å². The smallest absolute Gasteiger partial charge is 0.147 e. The van der Waals surface area contributed by atoms with E-state index in [1.54, 1.807) is 18.3 Å². The average Bonchev–Trinajstić information content (AvgIpc) is 2.78. The summed E-state index contributed by atoms with van der Waals surface area (Å²) in [7, 11) is 0. The molecule has 0 bridgehead atoms. The number of aliphatic hydroxyl groups is 1. The van der Waals surface area contributed by atoms with Crippen LogP contribution in [0.4, 0.5) is 5.69 Å². The van der Waals surface area contributed by atoms with Gasteiger partial charge in [-0.15, -0.1) is 0 Å². The maximum atomic E-state index is 8.80. The van der Waals surface area contributed by atoms with E-state index < -0.39 is 0 Å².